The molecule has 0 aliphatic heterocycles. The average molecular weight is 300 g/mol. The number of benzene rings is 1. The van der Waals surface area contributed by atoms with E-state index in [0.717, 1.165) is 24.2 Å². The lowest BCUT2D eigenvalue weighted by atomic mass is 9.83. The smallest absolute Gasteiger partial charge is 0.147 e. The van der Waals surface area contributed by atoms with Crippen LogP contribution in [0, 0.1) is 18.2 Å². The summed E-state index contributed by atoms with van der Waals surface area (Å²) in [7, 11) is 1.58. The van der Waals surface area contributed by atoms with Gasteiger partial charge >= 0.3 is 0 Å². The molecule has 1 heterocycles. The molecule has 1 aliphatic carbocycles. The SMILES string of the molecule is COc1ccc(F)c(-n2cnc(C)c2C2=CCCC2(C)C)c1. The fourth-order valence-electron chi connectivity index (χ4n) is 3.15. The standard InChI is InChI=1S/C18H21FN2O/c1-12-17(14-6-5-9-18(14,2)3)21(11-20-12)16-10-13(22-4)7-8-15(16)19/h6-8,10-11H,5,9H2,1-4H3. The van der Waals surface area contributed by atoms with E-state index >= 15 is 0 Å². The molecule has 22 heavy (non-hydrogen) atoms. The van der Waals surface area contributed by atoms with E-state index in [1.165, 1.54) is 11.6 Å². The van der Waals surface area contributed by atoms with Crippen molar-refractivity contribution < 1.29 is 9.13 Å². The van der Waals surface area contributed by atoms with Crippen LogP contribution in [0.2, 0.25) is 0 Å². The maximum absolute atomic E-state index is 14.3. The van der Waals surface area contributed by atoms with Gasteiger partial charge in [0.2, 0.25) is 0 Å². The third-order valence-electron chi connectivity index (χ3n) is 4.47. The number of ether oxygens (including phenoxy) is 1. The Bertz CT molecular complexity index is 744. The van der Waals surface area contributed by atoms with Gasteiger partial charge in [-0.1, -0.05) is 19.9 Å². The first-order chi connectivity index (χ1) is 10.4. The molecule has 3 rings (SSSR count). The molecule has 4 heteroatoms. The lowest BCUT2D eigenvalue weighted by Gasteiger charge is -2.24. The number of methoxy groups -OCH3 is 1. The highest BCUT2D eigenvalue weighted by Crippen LogP contribution is 2.45. The Hall–Kier alpha value is -2.10. The number of rotatable bonds is 3. The van der Waals surface area contributed by atoms with Gasteiger partial charge in [-0.05, 0) is 42.9 Å². The second-order valence-electron chi connectivity index (χ2n) is 6.41. The number of aromatic nitrogens is 2. The molecule has 1 aliphatic rings. The summed E-state index contributed by atoms with van der Waals surface area (Å²) in [6, 6.07) is 4.77. The van der Waals surface area contributed by atoms with Crippen LogP contribution in [-0.4, -0.2) is 16.7 Å². The second kappa shape index (κ2) is 5.27. The highest BCUT2D eigenvalue weighted by Gasteiger charge is 2.32. The van der Waals surface area contributed by atoms with Crippen molar-refractivity contribution in [3.8, 4) is 11.4 Å². The van der Waals surface area contributed by atoms with Crippen LogP contribution < -0.4 is 4.74 Å². The summed E-state index contributed by atoms with van der Waals surface area (Å²) in [6.45, 7) is 6.42. The molecule has 0 spiro atoms. The van der Waals surface area contributed by atoms with Crippen molar-refractivity contribution in [1.82, 2.24) is 9.55 Å². The lowest BCUT2D eigenvalue weighted by Crippen LogP contribution is -2.13. The normalized spacial score (nSPS) is 16.7. The zero-order valence-electron chi connectivity index (χ0n) is 13.5. The third-order valence-corrected chi connectivity index (χ3v) is 4.47. The minimum atomic E-state index is -0.282. The topological polar surface area (TPSA) is 27.1 Å². The predicted octanol–water partition coefficient (Wildman–Crippen LogP) is 4.53. The number of imidazole rings is 1. The molecule has 0 N–H and O–H groups in total. The van der Waals surface area contributed by atoms with E-state index in [4.69, 9.17) is 4.74 Å². The molecular formula is C18H21FN2O. The molecule has 0 saturated carbocycles. The number of halogens is 1. The van der Waals surface area contributed by atoms with E-state index in [0.29, 0.717) is 11.4 Å². The molecule has 0 amide bonds. The Morgan fingerprint density at radius 2 is 2.09 bits per heavy atom. The molecule has 3 nitrogen and oxygen atoms in total. The molecule has 0 radical (unpaired) electrons. The quantitative estimate of drug-likeness (QED) is 0.832. The van der Waals surface area contributed by atoms with Gasteiger partial charge in [-0.15, -0.1) is 0 Å². The maximum Gasteiger partial charge on any atom is 0.147 e. The van der Waals surface area contributed by atoms with E-state index in [1.807, 2.05) is 11.5 Å². The zero-order valence-corrected chi connectivity index (χ0v) is 13.5. The van der Waals surface area contributed by atoms with Crippen LogP contribution in [0.3, 0.4) is 0 Å². The van der Waals surface area contributed by atoms with E-state index in [1.54, 1.807) is 25.6 Å². The van der Waals surface area contributed by atoms with E-state index < -0.39 is 0 Å². The highest BCUT2D eigenvalue weighted by molar-refractivity contribution is 5.72. The van der Waals surface area contributed by atoms with E-state index in [2.05, 4.69) is 24.9 Å². The molecule has 0 bridgehead atoms. The van der Waals surface area contributed by atoms with Gasteiger partial charge in [0.05, 0.1) is 24.2 Å². The Labute approximate surface area is 130 Å². The van der Waals surface area contributed by atoms with Gasteiger partial charge in [0.25, 0.3) is 0 Å². The zero-order chi connectivity index (χ0) is 15.9. The van der Waals surface area contributed by atoms with Crippen LogP contribution in [0.1, 0.15) is 38.1 Å². The van der Waals surface area contributed by atoms with Crippen molar-refractivity contribution in [2.45, 2.75) is 33.6 Å². The summed E-state index contributed by atoms with van der Waals surface area (Å²) in [6.07, 6.45) is 6.09. The van der Waals surface area contributed by atoms with Crippen LogP contribution >= 0.6 is 0 Å². The monoisotopic (exact) mass is 300 g/mol. The van der Waals surface area contributed by atoms with Gasteiger partial charge in [0.1, 0.15) is 17.9 Å². The Morgan fingerprint density at radius 3 is 2.73 bits per heavy atom. The van der Waals surface area contributed by atoms with Crippen molar-refractivity contribution in [1.29, 1.82) is 0 Å². The molecule has 0 saturated heterocycles. The van der Waals surface area contributed by atoms with Crippen molar-refractivity contribution >= 4 is 5.57 Å². The minimum absolute atomic E-state index is 0.0812. The van der Waals surface area contributed by atoms with Crippen molar-refractivity contribution in [3.63, 3.8) is 0 Å². The molecule has 0 unspecified atom stereocenters. The number of nitrogens with zero attached hydrogens (tertiary/aromatic N) is 2. The van der Waals surface area contributed by atoms with Crippen LogP contribution in [-0.2, 0) is 0 Å². The fraction of sp³-hybridized carbons (Fsp3) is 0.389. The lowest BCUT2D eigenvalue weighted by molar-refractivity contribution is 0.413. The van der Waals surface area contributed by atoms with Crippen LogP contribution in [0.4, 0.5) is 4.39 Å². The van der Waals surface area contributed by atoms with Crippen molar-refractivity contribution in [3.05, 3.63) is 47.8 Å². The average Bonchev–Trinajstić information content (AvgIpc) is 3.01. The molecule has 2 aromatic rings. The number of hydrogen-bond donors (Lipinski definition) is 0. The Kier molecular flexibility index (Phi) is 3.55. The first-order valence-electron chi connectivity index (χ1n) is 7.53. The number of aryl methyl sites for hydroxylation is 1. The van der Waals surface area contributed by atoms with Crippen LogP contribution in [0.25, 0.3) is 11.3 Å². The minimum Gasteiger partial charge on any atom is -0.497 e. The molecule has 116 valence electrons. The molecule has 0 atom stereocenters. The van der Waals surface area contributed by atoms with Gasteiger partial charge in [0, 0.05) is 6.07 Å². The summed E-state index contributed by atoms with van der Waals surface area (Å²) < 4.78 is 21.4. The van der Waals surface area contributed by atoms with Gasteiger partial charge < -0.3 is 4.74 Å². The Balaban J connectivity index is 2.19. The van der Waals surface area contributed by atoms with Crippen LogP contribution in [0.5, 0.6) is 5.75 Å². The second-order valence-corrected chi connectivity index (χ2v) is 6.41. The summed E-state index contributed by atoms with van der Waals surface area (Å²) in [4.78, 5) is 4.41. The van der Waals surface area contributed by atoms with Gasteiger partial charge in [-0.3, -0.25) is 4.57 Å². The van der Waals surface area contributed by atoms with E-state index in [-0.39, 0.29) is 11.2 Å². The summed E-state index contributed by atoms with van der Waals surface area (Å²) >= 11 is 0. The highest BCUT2D eigenvalue weighted by atomic mass is 19.1. The van der Waals surface area contributed by atoms with E-state index in [9.17, 15) is 4.39 Å². The largest absolute Gasteiger partial charge is 0.497 e. The van der Waals surface area contributed by atoms with Gasteiger partial charge in [-0.25, -0.2) is 9.37 Å². The van der Waals surface area contributed by atoms with Crippen molar-refractivity contribution in [2.75, 3.05) is 7.11 Å². The van der Waals surface area contributed by atoms with Gasteiger partial charge in [0.15, 0.2) is 0 Å². The first kappa shape index (κ1) is 14.8. The fourth-order valence-corrected chi connectivity index (χ4v) is 3.15. The summed E-state index contributed by atoms with van der Waals surface area (Å²) in [5.41, 5.74) is 3.71. The van der Waals surface area contributed by atoms with Gasteiger partial charge in [-0.2, -0.15) is 0 Å². The maximum atomic E-state index is 14.3. The molecular weight excluding hydrogens is 279 g/mol. The first-order valence-corrected chi connectivity index (χ1v) is 7.53. The summed E-state index contributed by atoms with van der Waals surface area (Å²) in [5, 5.41) is 0. The summed E-state index contributed by atoms with van der Waals surface area (Å²) in [5.74, 6) is 0.351. The van der Waals surface area contributed by atoms with Crippen molar-refractivity contribution in [2.24, 2.45) is 5.41 Å². The molecule has 0 fully saturated rings. The Morgan fingerprint density at radius 1 is 1.32 bits per heavy atom. The predicted molar refractivity (Wildman–Crippen MR) is 85.8 cm³/mol. The number of hydrogen-bond acceptors (Lipinski definition) is 2. The number of allylic oxidation sites excluding steroid dienone is 2. The molecule has 1 aromatic carbocycles. The molecule has 1 aromatic heterocycles. The van der Waals surface area contributed by atoms with Crippen LogP contribution in [0.15, 0.2) is 30.6 Å². The third kappa shape index (κ3) is 2.32.